The Morgan fingerprint density at radius 1 is 1.03 bits per heavy atom. The molecule has 2 heterocycles. The minimum absolute atomic E-state index is 0. The van der Waals surface area contributed by atoms with Crippen molar-refractivity contribution in [1.29, 1.82) is 0 Å². The number of furan rings is 1. The molecule has 4 rings (SSSR count). The third-order valence-corrected chi connectivity index (χ3v) is 5.09. The van der Waals surface area contributed by atoms with Gasteiger partial charge in [-0.15, -0.1) is 24.0 Å². The Hall–Kier alpha value is -3.14. The summed E-state index contributed by atoms with van der Waals surface area (Å²) < 4.78 is 7.22. The summed E-state index contributed by atoms with van der Waals surface area (Å²) in [7, 11) is 0. The van der Waals surface area contributed by atoms with Crippen molar-refractivity contribution in [3.05, 3.63) is 96.5 Å². The van der Waals surface area contributed by atoms with Crippen molar-refractivity contribution in [3.63, 3.8) is 0 Å². The molecule has 0 unspecified atom stereocenters. The summed E-state index contributed by atoms with van der Waals surface area (Å²) in [6.07, 6.45) is 5.80. The van der Waals surface area contributed by atoms with Gasteiger partial charge in [-0.25, -0.2) is 14.7 Å². The topological polar surface area (TPSA) is 80.3 Å². The number of hydrogen-bond acceptors (Lipinski definition) is 4. The summed E-state index contributed by atoms with van der Waals surface area (Å²) in [5.41, 5.74) is 4.73. The van der Waals surface area contributed by atoms with Crippen molar-refractivity contribution in [2.45, 2.75) is 26.4 Å². The van der Waals surface area contributed by atoms with Gasteiger partial charge >= 0.3 is 0 Å². The van der Waals surface area contributed by atoms with Crippen LogP contribution in [0.25, 0.3) is 11.1 Å². The average Bonchev–Trinajstić information content (AvgIpc) is 3.53. The van der Waals surface area contributed by atoms with Crippen molar-refractivity contribution in [1.82, 2.24) is 25.4 Å². The summed E-state index contributed by atoms with van der Waals surface area (Å²) in [4.78, 5) is 8.80. The Balaban J connectivity index is 0.00000306. The number of nitrogens with one attached hydrogen (secondary N) is 2. The quantitative estimate of drug-likeness (QED) is 0.180. The molecule has 4 aromatic rings. The van der Waals surface area contributed by atoms with E-state index in [1.807, 2.05) is 16.8 Å². The minimum Gasteiger partial charge on any atom is -0.469 e. The minimum atomic E-state index is 0. The molecule has 172 valence electrons. The van der Waals surface area contributed by atoms with E-state index >= 15 is 0 Å². The van der Waals surface area contributed by atoms with Crippen LogP contribution in [0.2, 0.25) is 0 Å². The molecule has 2 N–H and O–H groups in total. The van der Waals surface area contributed by atoms with Gasteiger partial charge in [-0.3, -0.25) is 0 Å². The molecule has 0 atom stereocenters. The third kappa shape index (κ3) is 7.18. The second kappa shape index (κ2) is 12.8. The highest BCUT2D eigenvalue weighted by Crippen LogP contribution is 2.25. The molecular formula is C25H29IN6O. The van der Waals surface area contributed by atoms with Crippen LogP contribution in [0.15, 0.2) is 89.0 Å². The van der Waals surface area contributed by atoms with Gasteiger partial charge in [0, 0.05) is 19.5 Å². The van der Waals surface area contributed by atoms with Crippen LogP contribution in [0.1, 0.15) is 23.8 Å². The highest BCUT2D eigenvalue weighted by Gasteiger charge is 2.06. The summed E-state index contributed by atoms with van der Waals surface area (Å²) in [5, 5.41) is 10.9. The van der Waals surface area contributed by atoms with Crippen LogP contribution in [0, 0.1) is 0 Å². The lowest BCUT2D eigenvalue weighted by atomic mass is 9.98. The van der Waals surface area contributed by atoms with E-state index in [4.69, 9.17) is 9.41 Å². The lowest BCUT2D eigenvalue weighted by Gasteiger charge is -2.12. The third-order valence-electron chi connectivity index (χ3n) is 5.09. The van der Waals surface area contributed by atoms with E-state index in [-0.39, 0.29) is 24.0 Å². The van der Waals surface area contributed by atoms with E-state index in [1.54, 1.807) is 18.9 Å². The fourth-order valence-electron chi connectivity index (χ4n) is 3.50. The second-order valence-corrected chi connectivity index (χ2v) is 7.40. The van der Waals surface area contributed by atoms with Gasteiger partial charge in [0.15, 0.2) is 5.96 Å². The number of aliphatic imine (C=N–C) groups is 1. The fourth-order valence-corrected chi connectivity index (χ4v) is 3.50. The Kier molecular flexibility index (Phi) is 9.49. The normalized spacial score (nSPS) is 11.1. The maximum atomic E-state index is 5.40. The molecule has 0 fully saturated rings. The molecule has 0 aliphatic heterocycles. The van der Waals surface area contributed by atoms with Crippen LogP contribution in [0.5, 0.6) is 0 Å². The van der Waals surface area contributed by atoms with E-state index in [2.05, 4.69) is 76.2 Å². The zero-order valence-corrected chi connectivity index (χ0v) is 21.0. The highest BCUT2D eigenvalue weighted by molar-refractivity contribution is 14.0. The summed E-state index contributed by atoms with van der Waals surface area (Å²) in [6.45, 7) is 4.93. The maximum absolute atomic E-state index is 5.40. The first kappa shape index (κ1) is 24.5. The number of aromatic nitrogens is 3. The average molecular weight is 556 g/mol. The first-order valence-corrected chi connectivity index (χ1v) is 10.9. The van der Waals surface area contributed by atoms with Crippen LogP contribution in [-0.2, 0) is 19.5 Å². The molecule has 0 radical (unpaired) electrons. The Morgan fingerprint density at radius 2 is 1.88 bits per heavy atom. The number of hydrogen-bond donors (Lipinski definition) is 2. The molecule has 33 heavy (non-hydrogen) atoms. The van der Waals surface area contributed by atoms with Gasteiger partial charge in [-0.1, -0.05) is 48.5 Å². The van der Waals surface area contributed by atoms with Gasteiger partial charge in [0.1, 0.15) is 18.4 Å². The van der Waals surface area contributed by atoms with Crippen molar-refractivity contribution in [2.75, 3.05) is 13.1 Å². The van der Waals surface area contributed by atoms with E-state index in [0.717, 1.165) is 31.2 Å². The predicted molar refractivity (Wildman–Crippen MR) is 142 cm³/mol. The molecule has 0 aliphatic carbocycles. The Bertz CT molecular complexity index is 1110. The van der Waals surface area contributed by atoms with Crippen LogP contribution < -0.4 is 10.6 Å². The molecule has 0 amide bonds. The lowest BCUT2D eigenvalue weighted by Crippen LogP contribution is -2.38. The van der Waals surface area contributed by atoms with Crippen molar-refractivity contribution < 1.29 is 4.42 Å². The zero-order chi connectivity index (χ0) is 22.0. The zero-order valence-electron chi connectivity index (χ0n) is 18.6. The predicted octanol–water partition coefficient (Wildman–Crippen LogP) is 4.50. The number of nitrogens with zero attached hydrogens (tertiary/aromatic N) is 4. The summed E-state index contributed by atoms with van der Waals surface area (Å²) in [5.74, 6) is 1.77. The lowest BCUT2D eigenvalue weighted by molar-refractivity contribution is 0.507. The van der Waals surface area contributed by atoms with Crippen LogP contribution in [0.3, 0.4) is 0 Å². The molecule has 7 nitrogen and oxygen atoms in total. The highest BCUT2D eigenvalue weighted by atomic mass is 127. The van der Waals surface area contributed by atoms with Gasteiger partial charge in [0.05, 0.1) is 19.4 Å². The molecule has 2 aromatic carbocycles. The number of guanidine groups is 1. The first-order chi connectivity index (χ1) is 15.8. The van der Waals surface area contributed by atoms with Crippen molar-refractivity contribution in [3.8, 4) is 11.1 Å². The number of halogens is 1. The van der Waals surface area contributed by atoms with Gasteiger partial charge in [0.25, 0.3) is 0 Å². The molecule has 0 spiro atoms. The number of rotatable bonds is 9. The first-order valence-electron chi connectivity index (χ1n) is 10.9. The van der Waals surface area contributed by atoms with Gasteiger partial charge < -0.3 is 15.1 Å². The Morgan fingerprint density at radius 3 is 2.61 bits per heavy atom. The summed E-state index contributed by atoms with van der Waals surface area (Å²) in [6, 6.07) is 20.9. The monoisotopic (exact) mass is 556 g/mol. The standard InChI is InChI=1S/C25H28N6O.HI/c1-2-27-25(28-14-13-23-7-5-15-32-23)29-16-22-6-3-4-8-24(22)21-11-9-20(10-12-21)17-31-19-26-18-30-31;/h3-12,15,18-19H,2,13-14,16-17H2,1H3,(H2,27,28,29);1H. The van der Waals surface area contributed by atoms with Crippen LogP contribution in [0.4, 0.5) is 0 Å². The van der Waals surface area contributed by atoms with Gasteiger partial charge in [0.2, 0.25) is 0 Å². The fraction of sp³-hybridized carbons (Fsp3) is 0.240. The van der Waals surface area contributed by atoms with E-state index < -0.39 is 0 Å². The molecule has 8 heteroatoms. The Labute approximate surface area is 211 Å². The van der Waals surface area contributed by atoms with Gasteiger partial charge in [-0.2, -0.15) is 5.10 Å². The van der Waals surface area contributed by atoms with Crippen molar-refractivity contribution >= 4 is 29.9 Å². The molecule has 0 saturated carbocycles. The van der Waals surface area contributed by atoms with Crippen molar-refractivity contribution in [2.24, 2.45) is 4.99 Å². The molecule has 0 saturated heterocycles. The smallest absolute Gasteiger partial charge is 0.191 e. The SMILES string of the molecule is CCNC(=NCc1ccccc1-c1ccc(Cn2cncn2)cc1)NCCc1ccco1.I. The van der Waals surface area contributed by atoms with E-state index in [1.165, 1.54) is 22.3 Å². The molecular weight excluding hydrogens is 527 g/mol. The molecule has 2 aromatic heterocycles. The van der Waals surface area contributed by atoms with Crippen LogP contribution >= 0.6 is 24.0 Å². The summed E-state index contributed by atoms with van der Waals surface area (Å²) >= 11 is 0. The largest absolute Gasteiger partial charge is 0.469 e. The number of benzene rings is 2. The van der Waals surface area contributed by atoms with Gasteiger partial charge in [-0.05, 0) is 41.3 Å². The second-order valence-electron chi connectivity index (χ2n) is 7.40. The molecule has 0 aliphatic rings. The maximum Gasteiger partial charge on any atom is 0.191 e. The van der Waals surface area contributed by atoms with E-state index in [0.29, 0.717) is 13.1 Å². The molecule has 0 bridgehead atoms. The van der Waals surface area contributed by atoms with E-state index in [9.17, 15) is 0 Å². The van der Waals surface area contributed by atoms with Crippen LogP contribution in [-0.4, -0.2) is 33.8 Å².